The van der Waals surface area contributed by atoms with Crippen molar-refractivity contribution in [3.8, 4) is 22.8 Å². The van der Waals surface area contributed by atoms with Gasteiger partial charge in [0.25, 0.3) is 0 Å². The lowest BCUT2D eigenvalue weighted by Crippen LogP contribution is -2.20. The van der Waals surface area contributed by atoms with Gasteiger partial charge >= 0.3 is 0 Å². The van der Waals surface area contributed by atoms with Gasteiger partial charge in [0, 0.05) is 41.3 Å². The van der Waals surface area contributed by atoms with Crippen molar-refractivity contribution >= 4 is 17.2 Å². The Kier molecular flexibility index (Phi) is 7.48. The molecule has 4 aromatic rings. The average Bonchev–Trinajstić information content (AvgIpc) is 3.34. The molecule has 0 saturated carbocycles. The molecule has 0 unspecified atom stereocenters. The van der Waals surface area contributed by atoms with Gasteiger partial charge in [0.15, 0.2) is 11.6 Å². The molecule has 36 heavy (non-hydrogen) atoms. The predicted molar refractivity (Wildman–Crippen MR) is 138 cm³/mol. The first kappa shape index (κ1) is 24.7. The molecule has 0 amide bonds. The number of amidine groups is 1. The van der Waals surface area contributed by atoms with Crippen molar-refractivity contribution in [3.05, 3.63) is 84.3 Å². The highest BCUT2D eigenvalue weighted by Crippen LogP contribution is 2.38. The third kappa shape index (κ3) is 5.63. The van der Waals surface area contributed by atoms with Crippen LogP contribution in [-0.4, -0.2) is 33.5 Å². The maximum absolute atomic E-state index is 15.9. The first-order valence-corrected chi connectivity index (χ1v) is 11.6. The van der Waals surface area contributed by atoms with Crippen LogP contribution in [0.25, 0.3) is 11.3 Å². The minimum absolute atomic E-state index is 0.0433. The van der Waals surface area contributed by atoms with Crippen molar-refractivity contribution in [1.29, 1.82) is 5.41 Å². The number of halogens is 1. The zero-order valence-electron chi connectivity index (χ0n) is 20.5. The third-order valence-electron chi connectivity index (χ3n) is 5.38. The summed E-state index contributed by atoms with van der Waals surface area (Å²) >= 11 is 0. The second kappa shape index (κ2) is 10.9. The van der Waals surface area contributed by atoms with Gasteiger partial charge in [0.2, 0.25) is 0 Å². The van der Waals surface area contributed by atoms with Crippen molar-refractivity contribution in [2.24, 2.45) is 5.73 Å². The number of pyridine rings is 1. The molecule has 2 aromatic carbocycles. The van der Waals surface area contributed by atoms with E-state index in [1.807, 2.05) is 32.9 Å². The molecule has 2 heterocycles. The summed E-state index contributed by atoms with van der Waals surface area (Å²) < 4.78 is 27.3. The molecule has 0 aliphatic carbocycles. The van der Waals surface area contributed by atoms with Gasteiger partial charge in [0.05, 0.1) is 36.8 Å². The maximum atomic E-state index is 15.9. The fraction of sp³-hybridized carbons (Fsp3) is 0.222. The number of ether oxygens (including phenoxy) is 2. The number of hydrogen-bond donors (Lipinski definition) is 3. The molecular formula is C27H29FN6O2. The Hall–Kier alpha value is -4.40. The van der Waals surface area contributed by atoms with Crippen LogP contribution in [0.2, 0.25) is 0 Å². The molecule has 4 rings (SSSR count). The molecule has 4 N–H and O–H groups in total. The number of aromatic nitrogens is 3. The number of nitrogens with two attached hydrogens (primary N) is 1. The number of H-pyrrole nitrogens is 1. The molecule has 0 radical (unpaired) electrons. The van der Waals surface area contributed by atoms with Crippen LogP contribution in [-0.2, 0) is 6.54 Å². The molecule has 186 valence electrons. The van der Waals surface area contributed by atoms with E-state index in [2.05, 4.69) is 15.0 Å². The number of nitrogens with zero attached hydrogens (tertiary/aromatic N) is 3. The van der Waals surface area contributed by atoms with Gasteiger partial charge in [-0.3, -0.25) is 10.4 Å². The number of nitrogens with one attached hydrogen (secondary N) is 2. The molecule has 0 saturated heterocycles. The van der Waals surface area contributed by atoms with E-state index < -0.39 is 5.82 Å². The molecule has 0 spiro atoms. The van der Waals surface area contributed by atoms with Gasteiger partial charge in [-0.1, -0.05) is 0 Å². The summed E-state index contributed by atoms with van der Waals surface area (Å²) in [5.74, 6) is 0.673. The van der Waals surface area contributed by atoms with E-state index in [1.54, 1.807) is 59.9 Å². The minimum Gasteiger partial charge on any atom is -0.494 e. The number of benzene rings is 2. The van der Waals surface area contributed by atoms with E-state index in [-0.39, 0.29) is 29.9 Å². The Bertz CT molecular complexity index is 1320. The molecule has 0 aliphatic heterocycles. The van der Waals surface area contributed by atoms with Crippen molar-refractivity contribution in [2.75, 3.05) is 11.5 Å². The number of anilines is 2. The van der Waals surface area contributed by atoms with Gasteiger partial charge in [-0.05, 0) is 57.2 Å². The standard InChI is InChI=1S/C27H29FN6O2/c1-4-35-21-13-23(26(28)24(14-21)36-17(2)3)34(20-7-5-19(6-8-20)27(29)30)16-25-32-15-22(33-25)18-9-11-31-12-10-18/h5-15,17H,4,16H2,1-3H3,(H3,29,30)(H,32,33). The fourth-order valence-corrected chi connectivity index (χ4v) is 3.75. The summed E-state index contributed by atoms with van der Waals surface area (Å²) in [6.07, 6.45) is 4.94. The second-order valence-electron chi connectivity index (χ2n) is 8.38. The van der Waals surface area contributed by atoms with Crippen LogP contribution in [0.15, 0.2) is 67.1 Å². The lowest BCUT2D eigenvalue weighted by molar-refractivity contribution is 0.229. The molecule has 9 heteroatoms. The second-order valence-corrected chi connectivity index (χ2v) is 8.38. The molecule has 0 fully saturated rings. The first-order chi connectivity index (χ1) is 17.4. The SMILES string of the molecule is CCOc1cc(OC(C)C)c(F)c(N(Cc2ncc(-c3ccncc3)[nH]2)c2ccc(C(=N)N)cc2)c1. The van der Waals surface area contributed by atoms with Crippen LogP contribution in [0, 0.1) is 11.2 Å². The van der Waals surface area contributed by atoms with Crippen molar-refractivity contribution in [2.45, 2.75) is 33.4 Å². The number of nitrogen functional groups attached to an aromatic ring is 1. The van der Waals surface area contributed by atoms with Gasteiger partial charge in [-0.25, -0.2) is 9.37 Å². The Morgan fingerprint density at radius 3 is 2.50 bits per heavy atom. The highest BCUT2D eigenvalue weighted by atomic mass is 19.1. The molecule has 0 atom stereocenters. The Balaban J connectivity index is 1.79. The zero-order chi connectivity index (χ0) is 25.7. The number of rotatable bonds is 10. The third-order valence-corrected chi connectivity index (χ3v) is 5.38. The first-order valence-electron chi connectivity index (χ1n) is 11.6. The fourth-order valence-electron chi connectivity index (χ4n) is 3.75. The highest BCUT2D eigenvalue weighted by Gasteiger charge is 2.22. The number of hydrogen-bond acceptors (Lipinski definition) is 6. The average molecular weight is 489 g/mol. The lowest BCUT2D eigenvalue weighted by Gasteiger charge is -2.26. The molecule has 8 nitrogen and oxygen atoms in total. The van der Waals surface area contributed by atoms with Gasteiger partial charge < -0.3 is 25.1 Å². The quantitative estimate of drug-likeness (QED) is 0.203. The summed E-state index contributed by atoms with van der Waals surface area (Å²) in [5, 5.41) is 7.69. The van der Waals surface area contributed by atoms with E-state index in [1.165, 1.54) is 0 Å². The molecule has 0 aliphatic rings. The number of imidazole rings is 1. The summed E-state index contributed by atoms with van der Waals surface area (Å²) in [6.45, 7) is 6.21. The van der Waals surface area contributed by atoms with Crippen LogP contribution in [0.5, 0.6) is 11.5 Å². The lowest BCUT2D eigenvalue weighted by atomic mass is 10.1. The van der Waals surface area contributed by atoms with Gasteiger partial charge in [-0.15, -0.1) is 0 Å². The van der Waals surface area contributed by atoms with Crippen molar-refractivity contribution in [1.82, 2.24) is 15.0 Å². The van der Waals surface area contributed by atoms with Gasteiger partial charge in [0.1, 0.15) is 17.4 Å². The highest BCUT2D eigenvalue weighted by molar-refractivity contribution is 5.95. The van der Waals surface area contributed by atoms with E-state index in [9.17, 15) is 0 Å². The van der Waals surface area contributed by atoms with Crippen LogP contribution in [0.4, 0.5) is 15.8 Å². The Labute approximate surface area is 209 Å². The molecular weight excluding hydrogens is 459 g/mol. The predicted octanol–water partition coefficient (Wildman–Crippen LogP) is 5.42. The normalized spacial score (nSPS) is 10.9. The van der Waals surface area contributed by atoms with Crippen LogP contribution in [0.1, 0.15) is 32.2 Å². The summed E-state index contributed by atoms with van der Waals surface area (Å²) in [5.41, 5.74) is 8.93. The smallest absolute Gasteiger partial charge is 0.188 e. The largest absolute Gasteiger partial charge is 0.494 e. The van der Waals surface area contributed by atoms with Crippen LogP contribution >= 0.6 is 0 Å². The van der Waals surface area contributed by atoms with Crippen molar-refractivity contribution < 1.29 is 13.9 Å². The number of aromatic amines is 1. The molecule has 0 bridgehead atoms. The minimum atomic E-state index is -0.510. The van der Waals surface area contributed by atoms with E-state index >= 15 is 4.39 Å². The van der Waals surface area contributed by atoms with E-state index in [0.29, 0.717) is 29.4 Å². The van der Waals surface area contributed by atoms with Crippen molar-refractivity contribution in [3.63, 3.8) is 0 Å². The van der Waals surface area contributed by atoms with E-state index in [4.69, 9.17) is 20.6 Å². The Morgan fingerprint density at radius 2 is 1.86 bits per heavy atom. The summed E-state index contributed by atoms with van der Waals surface area (Å²) in [6, 6.07) is 14.0. The van der Waals surface area contributed by atoms with Crippen LogP contribution in [0.3, 0.4) is 0 Å². The maximum Gasteiger partial charge on any atom is 0.188 e. The zero-order valence-corrected chi connectivity index (χ0v) is 20.5. The Morgan fingerprint density at radius 1 is 1.14 bits per heavy atom. The van der Waals surface area contributed by atoms with Crippen LogP contribution < -0.4 is 20.1 Å². The monoisotopic (exact) mass is 488 g/mol. The summed E-state index contributed by atoms with van der Waals surface area (Å²) in [4.78, 5) is 13.7. The van der Waals surface area contributed by atoms with E-state index in [0.717, 1.165) is 11.3 Å². The molecule has 2 aromatic heterocycles. The van der Waals surface area contributed by atoms with Gasteiger partial charge in [-0.2, -0.15) is 0 Å². The topological polar surface area (TPSA) is 113 Å². The summed E-state index contributed by atoms with van der Waals surface area (Å²) in [7, 11) is 0.